The molecule has 0 spiro atoms. The number of aromatic nitrogens is 2. The number of carbonyl (C=O) groups is 1. The van der Waals surface area contributed by atoms with Crippen LogP contribution < -0.4 is 5.32 Å². The number of anilines is 1. The van der Waals surface area contributed by atoms with E-state index in [9.17, 15) is 9.18 Å². The number of nitrogens with zero attached hydrogens (tertiary/aromatic N) is 1. The smallest absolute Gasteiger partial charge is 0.255 e. The maximum atomic E-state index is 13.4. The molecule has 4 nitrogen and oxygen atoms in total. The van der Waals surface area contributed by atoms with Crippen LogP contribution in [0.5, 0.6) is 0 Å². The molecule has 1 fully saturated rings. The summed E-state index contributed by atoms with van der Waals surface area (Å²) in [4.78, 5) is 23.1. The minimum atomic E-state index is -0.270. The minimum absolute atomic E-state index is 0.168. The molecule has 0 saturated heterocycles. The van der Waals surface area contributed by atoms with Gasteiger partial charge in [0.1, 0.15) is 11.6 Å². The molecule has 5 rings (SSSR count). The monoisotopic (exact) mass is 459 g/mol. The Labute approximate surface area is 197 Å². The van der Waals surface area contributed by atoms with Gasteiger partial charge in [-0.05, 0) is 68.3 Å². The van der Waals surface area contributed by atoms with Crippen molar-refractivity contribution in [3.8, 4) is 0 Å². The second-order valence-electron chi connectivity index (χ2n) is 8.70. The highest BCUT2D eigenvalue weighted by molar-refractivity contribution is 7.99. The summed E-state index contributed by atoms with van der Waals surface area (Å²) in [7, 11) is 0. The van der Waals surface area contributed by atoms with Crippen LogP contribution in [0.3, 0.4) is 0 Å². The molecule has 0 unspecified atom stereocenters. The zero-order chi connectivity index (χ0) is 22.8. The molecule has 0 atom stereocenters. The molecule has 0 radical (unpaired) electrons. The van der Waals surface area contributed by atoms with Crippen LogP contribution in [-0.2, 0) is 0 Å². The van der Waals surface area contributed by atoms with E-state index in [0.717, 1.165) is 45.1 Å². The predicted molar refractivity (Wildman–Crippen MR) is 132 cm³/mol. The van der Waals surface area contributed by atoms with E-state index in [1.165, 1.54) is 43.2 Å². The van der Waals surface area contributed by atoms with Crippen molar-refractivity contribution >= 4 is 34.4 Å². The van der Waals surface area contributed by atoms with E-state index in [1.807, 2.05) is 43.3 Å². The maximum Gasteiger partial charge on any atom is 0.255 e. The minimum Gasteiger partial charge on any atom is -0.342 e. The van der Waals surface area contributed by atoms with Crippen molar-refractivity contribution in [2.45, 2.75) is 54.7 Å². The molecule has 168 valence electrons. The number of halogens is 1. The number of fused-ring (bicyclic) bond motifs is 1. The van der Waals surface area contributed by atoms with Crippen LogP contribution >= 0.6 is 11.8 Å². The molecule has 0 bridgehead atoms. The summed E-state index contributed by atoms with van der Waals surface area (Å²) in [5, 5.41) is 3.07. The molecular formula is C27H26FN3OS. The fourth-order valence-corrected chi connectivity index (χ4v) is 5.26. The number of rotatable bonds is 5. The molecule has 0 aliphatic heterocycles. The Balaban J connectivity index is 1.50. The standard InChI is InChI=1S/C27H26FN3OS/c1-17-7-9-19(10-8-17)27(32)31-24-15-22-23(30-26(29-22)18-5-3-2-4-6-18)16-25(24)33-21-13-11-20(28)12-14-21/h7-16,18H,2-6H2,1H3,(H,29,30)(H,31,32). The highest BCUT2D eigenvalue weighted by Crippen LogP contribution is 2.38. The number of nitrogens with one attached hydrogen (secondary N) is 2. The van der Waals surface area contributed by atoms with E-state index in [1.54, 1.807) is 12.1 Å². The van der Waals surface area contributed by atoms with Gasteiger partial charge in [-0.1, -0.05) is 48.7 Å². The molecule has 33 heavy (non-hydrogen) atoms. The topological polar surface area (TPSA) is 57.8 Å². The average Bonchev–Trinajstić information content (AvgIpc) is 3.24. The predicted octanol–water partition coefficient (Wildman–Crippen LogP) is 7.46. The normalized spacial score (nSPS) is 14.5. The lowest BCUT2D eigenvalue weighted by molar-refractivity contribution is 0.102. The van der Waals surface area contributed by atoms with Gasteiger partial charge in [-0.2, -0.15) is 0 Å². The number of aryl methyl sites for hydroxylation is 1. The van der Waals surface area contributed by atoms with Crippen LogP contribution in [0.25, 0.3) is 11.0 Å². The van der Waals surface area contributed by atoms with E-state index in [0.29, 0.717) is 17.2 Å². The largest absolute Gasteiger partial charge is 0.342 e. The third kappa shape index (κ3) is 4.96. The summed E-state index contributed by atoms with van der Waals surface area (Å²) in [6, 6.07) is 17.9. The quantitative estimate of drug-likeness (QED) is 0.326. The van der Waals surface area contributed by atoms with Gasteiger partial charge in [0.05, 0.1) is 16.7 Å². The number of benzene rings is 3. The van der Waals surface area contributed by atoms with Crippen LogP contribution in [0.4, 0.5) is 10.1 Å². The fourth-order valence-electron chi connectivity index (χ4n) is 4.34. The van der Waals surface area contributed by atoms with E-state index in [2.05, 4.69) is 10.3 Å². The summed E-state index contributed by atoms with van der Waals surface area (Å²) in [6.07, 6.45) is 6.10. The first-order chi connectivity index (χ1) is 16.0. The zero-order valence-corrected chi connectivity index (χ0v) is 19.3. The SMILES string of the molecule is Cc1ccc(C(=O)Nc2cc3nc(C4CCCCC4)[nH]c3cc2Sc2ccc(F)cc2)cc1. The number of amides is 1. The maximum absolute atomic E-state index is 13.4. The van der Waals surface area contributed by atoms with Gasteiger partial charge in [0.2, 0.25) is 0 Å². The van der Waals surface area contributed by atoms with E-state index < -0.39 is 0 Å². The van der Waals surface area contributed by atoms with Crippen LogP contribution in [0.2, 0.25) is 0 Å². The molecule has 1 saturated carbocycles. The second-order valence-corrected chi connectivity index (χ2v) is 9.81. The van der Waals surface area contributed by atoms with E-state index >= 15 is 0 Å². The van der Waals surface area contributed by atoms with Gasteiger partial charge in [-0.3, -0.25) is 4.79 Å². The first kappa shape index (κ1) is 21.7. The van der Waals surface area contributed by atoms with Crippen molar-refractivity contribution in [3.63, 3.8) is 0 Å². The number of hydrogen-bond donors (Lipinski definition) is 2. The van der Waals surface area contributed by atoms with Gasteiger partial charge in [-0.25, -0.2) is 9.37 Å². The molecule has 1 aliphatic rings. The Morgan fingerprint density at radius 1 is 1.03 bits per heavy atom. The lowest BCUT2D eigenvalue weighted by Gasteiger charge is -2.18. The number of aromatic amines is 1. The van der Waals surface area contributed by atoms with Gasteiger partial charge in [0.15, 0.2) is 0 Å². The van der Waals surface area contributed by atoms with Gasteiger partial charge >= 0.3 is 0 Å². The molecule has 4 aromatic rings. The number of imidazole rings is 1. The third-order valence-corrected chi connectivity index (χ3v) is 7.26. The summed E-state index contributed by atoms with van der Waals surface area (Å²) >= 11 is 1.49. The fraction of sp³-hybridized carbons (Fsp3) is 0.259. The molecule has 3 aromatic carbocycles. The summed E-state index contributed by atoms with van der Waals surface area (Å²) < 4.78 is 13.4. The number of carbonyl (C=O) groups excluding carboxylic acids is 1. The average molecular weight is 460 g/mol. The number of hydrogen-bond acceptors (Lipinski definition) is 3. The van der Waals surface area contributed by atoms with Crippen LogP contribution in [-0.4, -0.2) is 15.9 Å². The first-order valence-corrected chi connectivity index (χ1v) is 12.2. The van der Waals surface area contributed by atoms with Crippen molar-refractivity contribution in [2.75, 3.05) is 5.32 Å². The van der Waals surface area contributed by atoms with Crippen LogP contribution in [0, 0.1) is 12.7 Å². The molecule has 2 N–H and O–H groups in total. The Morgan fingerprint density at radius 3 is 2.48 bits per heavy atom. The zero-order valence-electron chi connectivity index (χ0n) is 18.5. The van der Waals surface area contributed by atoms with Crippen molar-refractivity contribution in [2.24, 2.45) is 0 Å². The van der Waals surface area contributed by atoms with Gasteiger partial charge < -0.3 is 10.3 Å². The summed E-state index contributed by atoms with van der Waals surface area (Å²) in [5.41, 5.74) is 4.20. The second kappa shape index (κ2) is 9.40. The first-order valence-electron chi connectivity index (χ1n) is 11.4. The lowest BCUT2D eigenvalue weighted by atomic mass is 9.89. The molecule has 1 heterocycles. The van der Waals surface area contributed by atoms with E-state index in [-0.39, 0.29) is 11.7 Å². The summed E-state index contributed by atoms with van der Waals surface area (Å²) in [6.45, 7) is 1.99. The molecule has 1 amide bonds. The Bertz CT molecular complexity index is 1280. The van der Waals surface area contributed by atoms with Crippen molar-refractivity contribution in [1.82, 2.24) is 9.97 Å². The molecule has 1 aromatic heterocycles. The Morgan fingerprint density at radius 2 is 1.76 bits per heavy atom. The van der Waals surface area contributed by atoms with E-state index in [4.69, 9.17) is 4.98 Å². The van der Waals surface area contributed by atoms with Crippen molar-refractivity contribution in [3.05, 3.63) is 83.4 Å². The highest BCUT2D eigenvalue weighted by Gasteiger charge is 2.20. The molecule has 6 heteroatoms. The van der Waals surface area contributed by atoms with Gasteiger partial charge in [0, 0.05) is 21.3 Å². The van der Waals surface area contributed by atoms with Gasteiger partial charge in [0.25, 0.3) is 5.91 Å². The van der Waals surface area contributed by atoms with Crippen LogP contribution in [0.15, 0.2) is 70.5 Å². The Hall–Kier alpha value is -3.12. The van der Waals surface area contributed by atoms with Crippen LogP contribution in [0.1, 0.15) is 59.8 Å². The molecule has 1 aliphatic carbocycles. The number of H-pyrrole nitrogens is 1. The van der Waals surface area contributed by atoms with Crippen molar-refractivity contribution in [1.29, 1.82) is 0 Å². The lowest BCUT2D eigenvalue weighted by Crippen LogP contribution is -2.12. The summed E-state index contributed by atoms with van der Waals surface area (Å²) in [5.74, 6) is 1.06. The highest BCUT2D eigenvalue weighted by atomic mass is 32.2. The molecular weight excluding hydrogens is 433 g/mol. The third-order valence-electron chi connectivity index (χ3n) is 6.20. The van der Waals surface area contributed by atoms with Crippen molar-refractivity contribution < 1.29 is 9.18 Å². The Kier molecular flexibility index (Phi) is 6.18. The van der Waals surface area contributed by atoms with Gasteiger partial charge in [-0.15, -0.1) is 0 Å².